The number of carbonyl (C=O) groups excluding carboxylic acids is 2. The Bertz CT molecular complexity index is 875. The average molecular weight is 414 g/mol. The van der Waals surface area contributed by atoms with Crippen molar-refractivity contribution in [1.29, 1.82) is 0 Å². The first-order chi connectivity index (χ1) is 13.3. The van der Waals surface area contributed by atoms with Gasteiger partial charge in [0, 0.05) is 26.2 Å². The van der Waals surface area contributed by atoms with Crippen LogP contribution in [-0.4, -0.2) is 75.1 Å². The molecule has 1 unspecified atom stereocenters. The van der Waals surface area contributed by atoms with Crippen LogP contribution in [-0.2, 0) is 19.6 Å². The first-order valence-corrected chi connectivity index (χ1v) is 10.5. The number of anilines is 1. The van der Waals surface area contributed by atoms with E-state index in [1.165, 1.54) is 29.6 Å². The molecule has 2 heterocycles. The van der Waals surface area contributed by atoms with E-state index >= 15 is 0 Å². The van der Waals surface area contributed by atoms with Gasteiger partial charge in [-0.05, 0) is 37.5 Å². The van der Waals surface area contributed by atoms with Gasteiger partial charge in [-0.3, -0.25) is 9.59 Å². The van der Waals surface area contributed by atoms with Crippen molar-refractivity contribution < 1.29 is 32.2 Å². The van der Waals surface area contributed by atoms with Gasteiger partial charge in [-0.25, -0.2) is 12.8 Å². The third-order valence-electron chi connectivity index (χ3n) is 5.10. The molecule has 0 aromatic heterocycles. The molecule has 10 heteroatoms. The number of carbonyl (C=O) groups is 2. The molecule has 2 atom stereocenters. The molecule has 1 N–H and O–H groups in total. The van der Waals surface area contributed by atoms with Gasteiger partial charge in [0.1, 0.15) is 6.17 Å². The zero-order valence-corrected chi connectivity index (χ0v) is 16.3. The summed E-state index contributed by atoms with van der Waals surface area (Å²) in [5, 5.41) is 8.79. The highest BCUT2D eigenvalue weighted by Crippen LogP contribution is 2.33. The largest absolute Gasteiger partial charge is 0.393 e. The molecule has 0 bridgehead atoms. The lowest BCUT2D eigenvalue weighted by atomic mass is 10.1. The zero-order valence-electron chi connectivity index (χ0n) is 15.5. The lowest BCUT2D eigenvalue weighted by Crippen LogP contribution is -2.38. The molecule has 154 valence electrons. The molecular formula is C18H23FN2O6S. The van der Waals surface area contributed by atoms with E-state index in [1.54, 1.807) is 0 Å². The van der Waals surface area contributed by atoms with Crippen LogP contribution >= 0.6 is 0 Å². The lowest BCUT2D eigenvalue weighted by Gasteiger charge is -2.24. The van der Waals surface area contributed by atoms with Crippen LogP contribution in [0.25, 0.3) is 0 Å². The highest BCUT2D eigenvalue weighted by molar-refractivity contribution is 7.89. The minimum Gasteiger partial charge on any atom is -0.393 e. The molecule has 0 aliphatic carbocycles. The molecule has 1 saturated heterocycles. The van der Waals surface area contributed by atoms with Gasteiger partial charge < -0.3 is 14.7 Å². The van der Waals surface area contributed by atoms with Crippen molar-refractivity contribution in [2.24, 2.45) is 0 Å². The van der Waals surface area contributed by atoms with Crippen LogP contribution in [0.15, 0.2) is 23.1 Å². The van der Waals surface area contributed by atoms with Crippen molar-refractivity contribution in [3.8, 4) is 0 Å². The topological polar surface area (TPSA) is 104 Å². The molecule has 0 spiro atoms. The van der Waals surface area contributed by atoms with E-state index in [4.69, 9.17) is 9.84 Å². The van der Waals surface area contributed by atoms with Crippen LogP contribution in [0.1, 0.15) is 29.6 Å². The number of methoxy groups -OCH3 is 1. The Morgan fingerprint density at radius 1 is 1.36 bits per heavy atom. The second kappa shape index (κ2) is 8.24. The van der Waals surface area contributed by atoms with E-state index in [-0.39, 0.29) is 41.8 Å². The van der Waals surface area contributed by atoms with E-state index < -0.39 is 34.5 Å². The molecule has 3 rings (SSSR count). The smallest absolute Gasteiger partial charge is 0.299 e. The SMILES string of the molecule is COC[C@@H]1CCCN1S(=O)(=O)c1ccc2c(c1)C(=O)C(=O)N2CCC(F)CO. The molecular weight excluding hydrogens is 391 g/mol. The Morgan fingerprint density at radius 3 is 2.79 bits per heavy atom. The van der Waals surface area contributed by atoms with Gasteiger partial charge >= 0.3 is 0 Å². The summed E-state index contributed by atoms with van der Waals surface area (Å²) >= 11 is 0. The summed E-state index contributed by atoms with van der Waals surface area (Å²) in [7, 11) is -2.33. The number of benzene rings is 1. The second-order valence-electron chi connectivity index (χ2n) is 6.90. The summed E-state index contributed by atoms with van der Waals surface area (Å²) < 4.78 is 45.8. The minimum atomic E-state index is -3.84. The number of sulfonamides is 1. The van der Waals surface area contributed by atoms with Crippen molar-refractivity contribution in [2.75, 3.05) is 38.3 Å². The monoisotopic (exact) mass is 414 g/mol. The fourth-order valence-corrected chi connectivity index (χ4v) is 5.35. The third-order valence-corrected chi connectivity index (χ3v) is 7.04. The Labute approximate surface area is 162 Å². The van der Waals surface area contributed by atoms with Crippen molar-refractivity contribution in [2.45, 2.75) is 36.4 Å². The van der Waals surface area contributed by atoms with Gasteiger partial charge in [0.25, 0.3) is 11.7 Å². The molecule has 0 radical (unpaired) electrons. The van der Waals surface area contributed by atoms with Crippen LogP contribution in [0.4, 0.5) is 10.1 Å². The van der Waals surface area contributed by atoms with E-state index in [9.17, 15) is 22.4 Å². The number of fused-ring (bicyclic) bond motifs is 1. The van der Waals surface area contributed by atoms with Crippen LogP contribution in [0.5, 0.6) is 0 Å². The molecule has 0 saturated carbocycles. The van der Waals surface area contributed by atoms with Gasteiger partial charge in [0.15, 0.2) is 0 Å². The van der Waals surface area contributed by atoms with E-state index in [2.05, 4.69) is 0 Å². The van der Waals surface area contributed by atoms with E-state index in [0.717, 1.165) is 11.3 Å². The van der Waals surface area contributed by atoms with E-state index in [1.807, 2.05) is 0 Å². The van der Waals surface area contributed by atoms with Crippen molar-refractivity contribution in [3.05, 3.63) is 23.8 Å². The predicted octanol–water partition coefficient (Wildman–Crippen LogP) is 0.736. The number of aliphatic hydroxyl groups excluding tert-OH is 1. The van der Waals surface area contributed by atoms with E-state index in [0.29, 0.717) is 13.0 Å². The lowest BCUT2D eigenvalue weighted by molar-refractivity contribution is -0.114. The molecule has 1 fully saturated rings. The summed E-state index contributed by atoms with van der Waals surface area (Å²) in [4.78, 5) is 25.6. The number of halogens is 1. The van der Waals surface area contributed by atoms with Crippen molar-refractivity contribution >= 4 is 27.4 Å². The Balaban J connectivity index is 1.89. The quantitative estimate of drug-likeness (QED) is 0.629. The third kappa shape index (κ3) is 3.69. The number of ether oxygens (including phenoxy) is 1. The number of rotatable bonds is 8. The van der Waals surface area contributed by atoms with Gasteiger partial charge in [-0.2, -0.15) is 4.31 Å². The fraction of sp³-hybridized carbons (Fsp3) is 0.556. The summed E-state index contributed by atoms with van der Waals surface area (Å²) in [5.74, 6) is -1.64. The molecule has 28 heavy (non-hydrogen) atoms. The van der Waals surface area contributed by atoms with Gasteiger partial charge in [-0.1, -0.05) is 0 Å². The highest BCUT2D eigenvalue weighted by atomic mass is 32.2. The van der Waals surface area contributed by atoms with Gasteiger partial charge in [0.2, 0.25) is 10.0 Å². The molecule has 1 aromatic carbocycles. The van der Waals surface area contributed by atoms with Crippen molar-refractivity contribution in [1.82, 2.24) is 4.31 Å². The number of hydrogen-bond donors (Lipinski definition) is 1. The zero-order chi connectivity index (χ0) is 20.5. The number of nitrogens with zero attached hydrogens (tertiary/aromatic N) is 2. The second-order valence-corrected chi connectivity index (χ2v) is 8.79. The number of amides is 1. The fourth-order valence-electron chi connectivity index (χ4n) is 3.64. The molecule has 1 aromatic rings. The van der Waals surface area contributed by atoms with Gasteiger partial charge in [0.05, 0.1) is 29.4 Å². The number of hydrogen-bond acceptors (Lipinski definition) is 6. The summed E-state index contributed by atoms with van der Waals surface area (Å²) in [6.07, 6.45) is -0.210. The number of aliphatic hydroxyl groups is 1. The van der Waals surface area contributed by atoms with Crippen LogP contribution in [0.3, 0.4) is 0 Å². The summed E-state index contributed by atoms with van der Waals surface area (Å²) in [6.45, 7) is -0.0952. The number of ketones is 1. The van der Waals surface area contributed by atoms with Crippen LogP contribution in [0, 0.1) is 0 Å². The standard InChI is InChI=1S/C18H23FN2O6S/c1-27-11-13-3-2-7-21(13)28(25,26)14-4-5-16-15(9-14)17(23)18(24)20(16)8-6-12(19)10-22/h4-5,9,12-13,22H,2-3,6-8,10-11H2,1H3/t12?,13-/m0/s1. The van der Waals surface area contributed by atoms with Crippen LogP contribution < -0.4 is 4.90 Å². The maximum absolute atomic E-state index is 13.3. The average Bonchev–Trinajstić information content (AvgIpc) is 3.24. The molecule has 1 amide bonds. The maximum Gasteiger partial charge on any atom is 0.299 e. The molecule has 8 nitrogen and oxygen atoms in total. The first-order valence-electron chi connectivity index (χ1n) is 9.07. The molecule has 2 aliphatic heterocycles. The maximum atomic E-state index is 13.3. The Morgan fingerprint density at radius 2 is 2.11 bits per heavy atom. The predicted molar refractivity (Wildman–Crippen MR) is 98.5 cm³/mol. The normalized spacial score (nSPS) is 21.4. The Kier molecular flexibility index (Phi) is 6.13. The van der Waals surface area contributed by atoms with Gasteiger partial charge in [-0.15, -0.1) is 0 Å². The highest BCUT2D eigenvalue weighted by Gasteiger charge is 2.39. The summed E-state index contributed by atoms with van der Waals surface area (Å²) in [6, 6.07) is 3.70. The number of Topliss-reactive ketones (excluding diaryl/α,β-unsaturated/α-hetero) is 1. The Hall–Kier alpha value is -1.88. The summed E-state index contributed by atoms with van der Waals surface area (Å²) in [5.41, 5.74) is 0.252. The molecule has 2 aliphatic rings. The van der Waals surface area contributed by atoms with Crippen LogP contribution in [0.2, 0.25) is 0 Å². The first kappa shape index (κ1) is 20.8. The van der Waals surface area contributed by atoms with Crippen molar-refractivity contribution in [3.63, 3.8) is 0 Å². The number of alkyl halides is 1. The minimum absolute atomic E-state index is 0.00651.